The molecule has 3 N–H and O–H groups in total. The monoisotopic (exact) mass is 280 g/mol. The van der Waals surface area contributed by atoms with Gasteiger partial charge in [0.15, 0.2) is 11.5 Å². The lowest BCUT2D eigenvalue weighted by Gasteiger charge is -2.30. The molecule has 2 rings (SSSR count). The molecule has 1 unspecified atom stereocenters. The first-order valence-electron chi connectivity index (χ1n) is 6.99. The van der Waals surface area contributed by atoms with E-state index in [4.69, 9.17) is 20.1 Å². The van der Waals surface area contributed by atoms with Gasteiger partial charge in [0.25, 0.3) is 0 Å². The zero-order chi connectivity index (χ0) is 14.5. The number of ether oxygens (including phenoxy) is 3. The minimum Gasteiger partial charge on any atom is -0.496 e. The van der Waals surface area contributed by atoms with Crippen LogP contribution in [-0.2, 0) is 0 Å². The first-order chi connectivity index (χ1) is 9.73. The molecule has 1 saturated carbocycles. The molecule has 0 radical (unpaired) electrons. The summed E-state index contributed by atoms with van der Waals surface area (Å²) < 4.78 is 16.1. The Balaban J connectivity index is 2.30. The lowest BCUT2D eigenvalue weighted by molar-refractivity contribution is 0.258. The molecule has 0 spiro atoms. The molecule has 0 saturated heterocycles. The molecule has 5 nitrogen and oxygen atoms in total. The Hall–Kier alpha value is -1.46. The quantitative estimate of drug-likeness (QED) is 0.593. The Morgan fingerprint density at radius 1 is 1.10 bits per heavy atom. The van der Waals surface area contributed by atoms with Crippen molar-refractivity contribution in [2.24, 2.45) is 11.8 Å². The molecular weight excluding hydrogens is 256 g/mol. The SMILES string of the molecule is COc1cc(OC)c(C(CC2CCC2)NN)cc1OC. The van der Waals surface area contributed by atoms with E-state index < -0.39 is 0 Å². The maximum atomic E-state index is 5.74. The summed E-state index contributed by atoms with van der Waals surface area (Å²) in [6, 6.07) is 3.86. The molecular formula is C15H24N2O3. The Morgan fingerprint density at radius 3 is 2.15 bits per heavy atom. The third kappa shape index (κ3) is 2.99. The average Bonchev–Trinajstić information content (AvgIpc) is 2.45. The van der Waals surface area contributed by atoms with E-state index in [2.05, 4.69) is 5.43 Å². The minimum absolute atomic E-state index is 0.0649. The molecule has 1 aromatic carbocycles. The number of nitrogens with one attached hydrogen (secondary N) is 1. The Bertz CT molecular complexity index is 447. The molecule has 1 aliphatic rings. The van der Waals surface area contributed by atoms with E-state index in [1.165, 1.54) is 19.3 Å². The molecule has 20 heavy (non-hydrogen) atoms. The number of methoxy groups -OCH3 is 3. The van der Waals surface area contributed by atoms with Crippen LogP contribution in [0.4, 0.5) is 0 Å². The zero-order valence-electron chi connectivity index (χ0n) is 12.4. The molecule has 0 heterocycles. The highest BCUT2D eigenvalue weighted by molar-refractivity contribution is 5.51. The van der Waals surface area contributed by atoms with Crippen molar-refractivity contribution in [1.82, 2.24) is 5.43 Å². The van der Waals surface area contributed by atoms with Gasteiger partial charge >= 0.3 is 0 Å². The van der Waals surface area contributed by atoms with Gasteiger partial charge in [-0.2, -0.15) is 0 Å². The molecule has 112 valence electrons. The molecule has 1 aromatic rings. The van der Waals surface area contributed by atoms with Gasteiger partial charge in [-0.1, -0.05) is 19.3 Å². The van der Waals surface area contributed by atoms with Crippen molar-refractivity contribution in [2.75, 3.05) is 21.3 Å². The summed E-state index contributed by atoms with van der Waals surface area (Å²) in [6.07, 6.45) is 4.91. The number of hydrogen-bond donors (Lipinski definition) is 2. The van der Waals surface area contributed by atoms with Gasteiger partial charge in [-0.3, -0.25) is 11.3 Å². The smallest absolute Gasteiger partial charge is 0.164 e. The van der Waals surface area contributed by atoms with Crippen LogP contribution in [-0.4, -0.2) is 21.3 Å². The molecule has 0 bridgehead atoms. The third-order valence-electron chi connectivity index (χ3n) is 4.11. The Morgan fingerprint density at radius 2 is 1.70 bits per heavy atom. The van der Waals surface area contributed by atoms with Gasteiger partial charge in [-0.25, -0.2) is 0 Å². The van der Waals surface area contributed by atoms with E-state index in [0.29, 0.717) is 11.5 Å². The van der Waals surface area contributed by atoms with Gasteiger partial charge in [-0.15, -0.1) is 0 Å². The van der Waals surface area contributed by atoms with Crippen molar-refractivity contribution in [3.05, 3.63) is 17.7 Å². The lowest BCUT2D eigenvalue weighted by Crippen LogP contribution is -2.31. The van der Waals surface area contributed by atoms with Crippen LogP contribution >= 0.6 is 0 Å². The maximum Gasteiger partial charge on any atom is 0.164 e. The summed E-state index contributed by atoms with van der Waals surface area (Å²) in [5, 5.41) is 0. The summed E-state index contributed by atoms with van der Waals surface area (Å²) in [4.78, 5) is 0. The summed E-state index contributed by atoms with van der Waals surface area (Å²) >= 11 is 0. The highest BCUT2D eigenvalue weighted by Gasteiger charge is 2.25. The van der Waals surface area contributed by atoms with Gasteiger partial charge < -0.3 is 14.2 Å². The number of benzene rings is 1. The van der Waals surface area contributed by atoms with Gasteiger partial charge in [0.2, 0.25) is 0 Å². The Labute approximate surface area is 120 Å². The molecule has 1 aliphatic carbocycles. The van der Waals surface area contributed by atoms with Crippen molar-refractivity contribution in [3.8, 4) is 17.2 Å². The van der Waals surface area contributed by atoms with Gasteiger partial charge in [0.1, 0.15) is 5.75 Å². The fourth-order valence-corrected chi connectivity index (χ4v) is 2.67. The second-order valence-electron chi connectivity index (χ2n) is 5.20. The predicted molar refractivity (Wildman–Crippen MR) is 78.1 cm³/mol. The molecule has 0 aromatic heterocycles. The highest BCUT2D eigenvalue weighted by Crippen LogP contribution is 2.41. The van der Waals surface area contributed by atoms with Crippen LogP contribution in [0.25, 0.3) is 0 Å². The first kappa shape index (κ1) is 14.9. The van der Waals surface area contributed by atoms with Gasteiger partial charge in [0.05, 0.1) is 27.4 Å². The van der Waals surface area contributed by atoms with E-state index in [1.54, 1.807) is 21.3 Å². The van der Waals surface area contributed by atoms with Gasteiger partial charge in [-0.05, 0) is 18.4 Å². The van der Waals surface area contributed by atoms with E-state index in [-0.39, 0.29) is 6.04 Å². The first-order valence-corrected chi connectivity index (χ1v) is 6.99. The Kier molecular flexibility index (Phi) is 5.09. The normalized spacial score (nSPS) is 16.4. The topological polar surface area (TPSA) is 65.7 Å². The van der Waals surface area contributed by atoms with Crippen molar-refractivity contribution in [1.29, 1.82) is 0 Å². The van der Waals surface area contributed by atoms with E-state index in [9.17, 15) is 0 Å². The van der Waals surface area contributed by atoms with Crippen molar-refractivity contribution < 1.29 is 14.2 Å². The van der Waals surface area contributed by atoms with Crippen LogP contribution < -0.4 is 25.5 Å². The average molecular weight is 280 g/mol. The fraction of sp³-hybridized carbons (Fsp3) is 0.600. The number of rotatable bonds is 7. The number of nitrogens with two attached hydrogens (primary N) is 1. The molecule has 5 heteroatoms. The van der Waals surface area contributed by atoms with E-state index >= 15 is 0 Å². The standard InChI is InChI=1S/C15H24N2O3/c1-18-13-9-15(20-3)14(19-2)8-11(13)12(17-16)7-10-5-4-6-10/h8-10,12,17H,4-7,16H2,1-3H3. The third-order valence-corrected chi connectivity index (χ3v) is 4.11. The molecule has 0 amide bonds. The molecule has 0 aliphatic heterocycles. The summed E-state index contributed by atoms with van der Waals surface area (Å²) in [5.74, 6) is 8.60. The second-order valence-corrected chi connectivity index (χ2v) is 5.20. The van der Waals surface area contributed by atoms with Gasteiger partial charge in [0, 0.05) is 11.6 Å². The second kappa shape index (κ2) is 6.81. The summed E-state index contributed by atoms with van der Waals surface area (Å²) in [7, 11) is 4.90. The van der Waals surface area contributed by atoms with Crippen LogP contribution in [0.5, 0.6) is 17.2 Å². The summed E-state index contributed by atoms with van der Waals surface area (Å²) in [6.45, 7) is 0. The summed E-state index contributed by atoms with van der Waals surface area (Å²) in [5.41, 5.74) is 3.92. The zero-order valence-corrected chi connectivity index (χ0v) is 12.4. The van der Waals surface area contributed by atoms with Crippen molar-refractivity contribution in [2.45, 2.75) is 31.7 Å². The van der Waals surface area contributed by atoms with Crippen LogP contribution in [0, 0.1) is 5.92 Å². The largest absolute Gasteiger partial charge is 0.496 e. The predicted octanol–water partition coefficient (Wildman–Crippen LogP) is 2.41. The van der Waals surface area contributed by atoms with Crippen molar-refractivity contribution in [3.63, 3.8) is 0 Å². The highest BCUT2D eigenvalue weighted by atomic mass is 16.5. The van der Waals surface area contributed by atoms with Crippen LogP contribution in [0.2, 0.25) is 0 Å². The van der Waals surface area contributed by atoms with Crippen LogP contribution in [0.1, 0.15) is 37.3 Å². The number of hydrogen-bond acceptors (Lipinski definition) is 5. The number of hydrazine groups is 1. The van der Waals surface area contributed by atoms with Crippen LogP contribution in [0.15, 0.2) is 12.1 Å². The maximum absolute atomic E-state index is 5.74. The minimum atomic E-state index is 0.0649. The lowest BCUT2D eigenvalue weighted by atomic mass is 9.79. The fourth-order valence-electron chi connectivity index (χ4n) is 2.67. The van der Waals surface area contributed by atoms with E-state index in [1.807, 2.05) is 12.1 Å². The van der Waals surface area contributed by atoms with Crippen molar-refractivity contribution >= 4 is 0 Å². The molecule has 1 fully saturated rings. The molecule has 1 atom stereocenters. The van der Waals surface area contributed by atoms with E-state index in [0.717, 1.165) is 23.7 Å². The van der Waals surface area contributed by atoms with Crippen LogP contribution in [0.3, 0.4) is 0 Å².